The first-order valence-corrected chi connectivity index (χ1v) is 8.32. The van der Waals surface area contributed by atoms with Crippen molar-refractivity contribution in [3.05, 3.63) is 21.2 Å². The maximum Gasteiger partial charge on any atom is 0.140 e. The topological polar surface area (TPSA) is 24.9 Å². The van der Waals surface area contributed by atoms with Crippen molar-refractivity contribution in [1.29, 1.82) is 0 Å². The summed E-state index contributed by atoms with van der Waals surface area (Å²) in [7, 11) is 0. The quantitative estimate of drug-likeness (QED) is 0.710. The second kappa shape index (κ2) is 6.10. The molecule has 1 aliphatic carbocycles. The van der Waals surface area contributed by atoms with Crippen LogP contribution in [0.5, 0.6) is 0 Å². The number of pyridine rings is 1. The average Bonchev–Trinajstić information content (AvgIpc) is 2.33. The number of rotatable bonds is 3. The van der Waals surface area contributed by atoms with Crippen LogP contribution in [0.2, 0.25) is 0 Å². The van der Waals surface area contributed by atoms with Gasteiger partial charge in [0.05, 0.1) is 10.0 Å². The van der Waals surface area contributed by atoms with Gasteiger partial charge in [0.2, 0.25) is 0 Å². The van der Waals surface area contributed by atoms with E-state index < -0.39 is 0 Å². The maximum absolute atomic E-state index is 6.22. The van der Waals surface area contributed by atoms with Gasteiger partial charge in [-0.25, -0.2) is 4.98 Å². The third-order valence-corrected chi connectivity index (χ3v) is 5.09. The zero-order valence-corrected chi connectivity index (χ0v) is 14.3. The molecule has 1 fully saturated rings. The average molecular weight is 397 g/mol. The highest BCUT2D eigenvalue weighted by Gasteiger charge is 2.34. The highest BCUT2D eigenvalue weighted by molar-refractivity contribution is 9.11. The first-order valence-electron chi connectivity index (χ1n) is 6.20. The highest BCUT2D eigenvalue weighted by Crippen LogP contribution is 2.37. The fraction of sp³-hybridized carbons (Fsp3) is 0.615. The minimum absolute atomic E-state index is 0.0113. The summed E-state index contributed by atoms with van der Waals surface area (Å²) in [6.07, 6.45) is 6.57. The number of nitrogens with one attached hydrogen (secondary N) is 1. The van der Waals surface area contributed by atoms with Gasteiger partial charge in [-0.05, 0) is 56.7 Å². The summed E-state index contributed by atoms with van der Waals surface area (Å²) in [6, 6.07) is 2.00. The Morgan fingerprint density at radius 3 is 2.94 bits per heavy atom. The van der Waals surface area contributed by atoms with Crippen LogP contribution in [0.3, 0.4) is 0 Å². The Labute approximate surface area is 130 Å². The molecule has 0 saturated heterocycles. The molecule has 1 N–H and O–H groups in total. The monoisotopic (exact) mass is 394 g/mol. The molecule has 18 heavy (non-hydrogen) atoms. The SMILES string of the molecule is CC1CCCC(CCl)(Nc2ncc(Br)cc2Br)C1. The van der Waals surface area contributed by atoms with Gasteiger partial charge in [-0.2, -0.15) is 0 Å². The van der Waals surface area contributed by atoms with Crippen LogP contribution >= 0.6 is 43.5 Å². The van der Waals surface area contributed by atoms with Gasteiger partial charge in [-0.1, -0.05) is 19.8 Å². The summed E-state index contributed by atoms with van der Waals surface area (Å²) in [5, 5.41) is 3.56. The van der Waals surface area contributed by atoms with Gasteiger partial charge < -0.3 is 5.32 Å². The summed E-state index contributed by atoms with van der Waals surface area (Å²) in [5.74, 6) is 2.23. The number of alkyl halides is 1. The van der Waals surface area contributed by atoms with Crippen molar-refractivity contribution in [3.8, 4) is 0 Å². The normalized spacial score (nSPS) is 28.1. The molecule has 0 amide bonds. The van der Waals surface area contributed by atoms with Gasteiger partial charge in [-0.15, -0.1) is 11.6 Å². The fourth-order valence-electron chi connectivity index (χ4n) is 2.69. The number of halogens is 3. The van der Waals surface area contributed by atoms with Gasteiger partial charge in [0.1, 0.15) is 5.82 Å². The van der Waals surface area contributed by atoms with E-state index in [0.29, 0.717) is 5.88 Å². The molecule has 2 nitrogen and oxygen atoms in total. The molecule has 0 aromatic carbocycles. The van der Waals surface area contributed by atoms with Gasteiger partial charge in [-0.3, -0.25) is 0 Å². The van der Waals surface area contributed by atoms with E-state index in [-0.39, 0.29) is 5.54 Å². The molecule has 1 aromatic heterocycles. The highest BCUT2D eigenvalue weighted by atomic mass is 79.9. The third-order valence-electron chi connectivity index (χ3n) is 3.54. The second-order valence-electron chi connectivity index (χ2n) is 5.22. The van der Waals surface area contributed by atoms with E-state index in [2.05, 4.69) is 49.1 Å². The summed E-state index contributed by atoms with van der Waals surface area (Å²) >= 11 is 13.2. The smallest absolute Gasteiger partial charge is 0.140 e. The molecular formula is C13H17Br2ClN2. The van der Waals surface area contributed by atoms with Crippen molar-refractivity contribution in [1.82, 2.24) is 4.98 Å². The van der Waals surface area contributed by atoms with E-state index in [1.165, 1.54) is 12.8 Å². The Morgan fingerprint density at radius 2 is 2.33 bits per heavy atom. The van der Waals surface area contributed by atoms with Crippen LogP contribution < -0.4 is 5.32 Å². The van der Waals surface area contributed by atoms with Crippen molar-refractivity contribution in [2.45, 2.75) is 38.1 Å². The molecule has 2 unspecified atom stereocenters. The zero-order valence-electron chi connectivity index (χ0n) is 10.3. The number of aromatic nitrogens is 1. The van der Waals surface area contributed by atoms with Gasteiger partial charge in [0, 0.05) is 16.5 Å². The standard InChI is InChI=1S/C13H17Br2ClN2/c1-9-3-2-4-13(6-9,8-16)18-12-11(15)5-10(14)7-17-12/h5,7,9H,2-4,6,8H2,1H3,(H,17,18). The van der Waals surface area contributed by atoms with Crippen molar-refractivity contribution >= 4 is 49.3 Å². The van der Waals surface area contributed by atoms with E-state index in [1.807, 2.05) is 6.07 Å². The van der Waals surface area contributed by atoms with E-state index in [9.17, 15) is 0 Å². The molecule has 0 radical (unpaired) electrons. The minimum Gasteiger partial charge on any atom is -0.362 e. The summed E-state index contributed by atoms with van der Waals surface area (Å²) in [4.78, 5) is 4.43. The lowest BCUT2D eigenvalue weighted by Gasteiger charge is -2.40. The second-order valence-corrected chi connectivity index (χ2v) is 7.26. The van der Waals surface area contributed by atoms with E-state index in [4.69, 9.17) is 11.6 Å². The summed E-state index contributed by atoms with van der Waals surface area (Å²) in [6.45, 7) is 2.30. The zero-order chi connectivity index (χ0) is 13.2. The Kier molecular flexibility index (Phi) is 4.95. The Bertz CT molecular complexity index is 427. The van der Waals surface area contributed by atoms with Crippen molar-refractivity contribution in [3.63, 3.8) is 0 Å². The molecule has 1 heterocycles. The number of nitrogens with zero attached hydrogens (tertiary/aromatic N) is 1. The summed E-state index contributed by atoms with van der Waals surface area (Å²) in [5.41, 5.74) is -0.0113. The lowest BCUT2D eigenvalue weighted by Crippen LogP contribution is -2.44. The molecule has 2 atom stereocenters. The molecule has 0 aliphatic heterocycles. The van der Waals surface area contributed by atoms with Crippen molar-refractivity contribution < 1.29 is 0 Å². The van der Waals surface area contributed by atoms with Crippen LogP contribution in [0.15, 0.2) is 21.2 Å². The lowest BCUT2D eigenvalue weighted by atomic mass is 9.77. The molecule has 1 saturated carbocycles. The Balaban J connectivity index is 2.19. The van der Waals surface area contributed by atoms with Crippen LogP contribution in [0.1, 0.15) is 32.6 Å². The molecular weight excluding hydrogens is 379 g/mol. The van der Waals surface area contributed by atoms with E-state index in [1.54, 1.807) is 6.20 Å². The number of anilines is 1. The maximum atomic E-state index is 6.22. The number of hydrogen-bond donors (Lipinski definition) is 1. The summed E-state index contributed by atoms with van der Waals surface area (Å²) < 4.78 is 1.94. The lowest BCUT2D eigenvalue weighted by molar-refractivity contribution is 0.279. The van der Waals surface area contributed by atoms with Gasteiger partial charge >= 0.3 is 0 Å². The van der Waals surface area contributed by atoms with Crippen LogP contribution in [0.25, 0.3) is 0 Å². The van der Waals surface area contributed by atoms with E-state index >= 15 is 0 Å². The number of hydrogen-bond acceptors (Lipinski definition) is 2. The largest absolute Gasteiger partial charge is 0.362 e. The van der Waals surface area contributed by atoms with Crippen LogP contribution in [0.4, 0.5) is 5.82 Å². The Hall–Kier alpha value is 0.200. The predicted molar refractivity (Wildman–Crippen MR) is 84.3 cm³/mol. The van der Waals surface area contributed by atoms with Crippen LogP contribution in [-0.4, -0.2) is 16.4 Å². The minimum atomic E-state index is -0.0113. The van der Waals surface area contributed by atoms with Gasteiger partial charge in [0.15, 0.2) is 0 Å². The van der Waals surface area contributed by atoms with Gasteiger partial charge in [0.25, 0.3) is 0 Å². The molecule has 1 aliphatic rings. The van der Waals surface area contributed by atoms with Crippen LogP contribution in [0, 0.1) is 5.92 Å². The molecule has 1 aromatic rings. The molecule has 0 spiro atoms. The molecule has 2 rings (SSSR count). The molecule has 0 bridgehead atoms. The first kappa shape index (κ1) is 14.6. The molecule has 5 heteroatoms. The fourth-order valence-corrected chi connectivity index (χ4v) is 4.08. The van der Waals surface area contributed by atoms with Crippen molar-refractivity contribution in [2.75, 3.05) is 11.2 Å². The first-order chi connectivity index (χ1) is 8.54. The van der Waals surface area contributed by atoms with Crippen LogP contribution in [-0.2, 0) is 0 Å². The Morgan fingerprint density at radius 1 is 1.56 bits per heavy atom. The predicted octanol–water partition coefficient (Wildman–Crippen LogP) is 5.21. The molecule has 100 valence electrons. The van der Waals surface area contributed by atoms with Crippen molar-refractivity contribution in [2.24, 2.45) is 5.92 Å². The van der Waals surface area contributed by atoms with E-state index in [0.717, 1.165) is 33.5 Å². The third kappa shape index (κ3) is 3.40.